The summed E-state index contributed by atoms with van der Waals surface area (Å²) in [6, 6.07) is 10.0. The normalized spacial score (nSPS) is 10.2. The van der Waals surface area contributed by atoms with Crippen LogP contribution >= 0.6 is 11.6 Å². The van der Waals surface area contributed by atoms with Crippen molar-refractivity contribution in [2.45, 2.75) is 20.8 Å². The topological polar surface area (TPSA) is 76.7 Å². The van der Waals surface area contributed by atoms with Crippen molar-refractivity contribution in [1.82, 2.24) is 0 Å². The Labute approximate surface area is 157 Å². The van der Waals surface area contributed by atoms with Crippen LogP contribution in [0.5, 0.6) is 11.5 Å². The molecule has 0 bridgehead atoms. The summed E-state index contributed by atoms with van der Waals surface area (Å²) in [5, 5.41) is 5.57. The lowest BCUT2D eigenvalue weighted by Gasteiger charge is -2.13. The number of carbonyl (C=O) groups is 2. The van der Waals surface area contributed by atoms with Gasteiger partial charge in [-0.25, -0.2) is 0 Å². The third-order valence-corrected chi connectivity index (χ3v) is 3.69. The maximum Gasteiger partial charge on any atom is 0.314 e. The summed E-state index contributed by atoms with van der Waals surface area (Å²) >= 11 is 5.92. The van der Waals surface area contributed by atoms with E-state index in [1.54, 1.807) is 36.4 Å². The Morgan fingerprint density at radius 1 is 0.923 bits per heavy atom. The van der Waals surface area contributed by atoms with E-state index < -0.39 is 11.8 Å². The highest BCUT2D eigenvalue weighted by atomic mass is 35.5. The van der Waals surface area contributed by atoms with Gasteiger partial charge in [-0.3, -0.25) is 9.59 Å². The molecule has 2 rings (SSSR count). The van der Waals surface area contributed by atoms with Gasteiger partial charge in [0.25, 0.3) is 0 Å². The molecule has 138 valence electrons. The van der Waals surface area contributed by atoms with Gasteiger partial charge in [0.2, 0.25) is 0 Å². The molecule has 0 spiro atoms. The molecule has 6 nitrogen and oxygen atoms in total. The molecular weight excluding hydrogens is 356 g/mol. The second-order valence-corrected chi connectivity index (χ2v) is 5.83. The molecule has 0 heterocycles. The molecule has 0 saturated carbocycles. The van der Waals surface area contributed by atoms with Crippen LogP contribution < -0.4 is 20.1 Å². The molecule has 0 radical (unpaired) electrons. The zero-order chi connectivity index (χ0) is 19.1. The highest BCUT2D eigenvalue weighted by molar-refractivity contribution is 6.43. The van der Waals surface area contributed by atoms with Crippen molar-refractivity contribution in [3.63, 3.8) is 0 Å². The summed E-state index contributed by atoms with van der Waals surface area (Å²) in [5.41, 5.74) is 1.72. The summed E-state index contributed by atoms with van der Waals surface area (Å²) in [4.78, 5) is 24.3. The van der Waals surface area contributed by atoms with Crippen LogP contribution in [0.4, 0.5) is 11.4 Å². The van der Waals surface area contributed by atoms with E-state index in [9.17, 15) is 9.59 Å². The Morgan fingerprint density at radius 2 is 1.58 bits per heavy atom. The third-order valence-electron chi connectivity index (χ3n) is 3.46. The van der Waals surface area contributed by atoms with Crippen molar-refractivity contribution in [3.05, 3.63) is 47.0 Å². The van der Waals surface area contributed by atoms with Crippen molar-refractivity contribution in [2.75, 3.05) is 23.8 Å². The molecule has 26 heavy (non-hydrogen) atoms. The number of nitrogens with one attached hydrogen (secondary N) is 2. The number of rotatable bonds is 6. The van der Waals surface area contributed by atoms with Gasteiger partial charge in [0, 0.05) is 22.5 Å². The van der Waals surface area contributed by atoms with Crippen molar-refractivity contribution in [2.24, 2.45) is 0 Å². The van der Waals surface area contributed by atoms with Crippen LogP contribution in [0.2, 0.25) is 5.02 Å². The van der Waals surface area contributed by atoms with E-state index in [4.69, 9.17) is 21.1 Å². The van der Waals surface area contributed by atoms with Crippen LogP contribution in [0.25, 0.3) is 0 Å². The van der Waals surface area contributed by atoms with Crippen molar-refractivity contribution in [1.29, 1.82) is 0 Å². The molecule has 0 atom stereocenters. The zero-order valence-electron chi connectivity index (χ0n) is 14.9. The fourth-order valence-electron chi connectivity index (χ4n) is 2.22. The summed E-state index contributed by atoms with van der Waals surface area (Å²) in [5.74, 6) is -0.511. The van der Waals surface area contributed by atoms with E-state index in [2.05, 4.69) is 10.6 Å². The molecule has 2 amide bonds. The smallest absolute Gasteiger partial charge is 0.314 e. The van der Waals surface area contributed by atoms with Crippen LogP contribution in [-0.2, 0) is 9.59 Å². The van der Waals surface area contributed by atoms with E-state index in [1.807, 2.05) is 20.8 Å². The van der Waals surface area contributed by atoms with Crippen LogP contribution in [-0.4, -0.2) is 25.0 Å². The zero-order valence-corrected chi connectivity index (χ0v) is 15.6. The second-order valence-electron chi connectivity index (χ2n) is 5.40. The molecule has 0 aliphatic heterocycles. The lowest BCUT2D eigenvalue weighted by Crippen LogP contribution is -2.29. The molecule has 0 aromatic heterocycles. The van der Waals surface area contributed by atoms with Gasteiger partial charge in [-0.2, -0.15) is 0 Å². The van der Waals surface area contributed by atoms with Crippen molar-refractivity contribution >= 4 is 34.8 Å². The largest absolute Gasteiger partial charge is 0.490 e. The monoisotopic (exact) mass is 376 g/mol. The summed E-state index contributed by atoms with van der Waals surface area (Å²) in [7, 11) is 0. The molecule has 2 N–H and O–H groups in total. The average molecular weight is 377 g/mol. The van der Waals surface area contributed by atoms with Crippen molar-refractivity contribution in [3.8, 4) is 11.5 Å². The van der Waals surface area contributed by atoms with E-state index in [1.165, 1.54) is 0 Å². The number of benzene rings is 2. The lowest BCUT2D eigenvalue weighted by atomic mass is 10.2. The third kappa shape index (κ3) is 5.13. The van der Waals surface area contributed by atoms with E-state index in [-0.39, 0.29) is 0 Å². The number of amides is 2. The minimum absolute atomic E-state index is 0.430. The van der Waals surface area contributed by atoms with Gasteiger partial charge in [-0.05, 0) is 50.6 Å². The molecule has 0 aliphatic carbocycles. The molecule has 2 aromatic rings. The highest BCUT2D eigenvalue weighted by Gasteiger charge is 2.16. The maximum absolute atomic E-state index is 12.2. The Kier molecular flexibility index (Phi) is 6.86. The Bertz CT molecular complexity index is 808. The molecule has 0 aliphatic rings. The van der Waals surface area contributed by atoms with Crippen molar-refractivity contribution < 1.29 is 19.1 Å². The van der Waals surface area contributed by atoms with Gasteiger partial charge in [-0.15, -0.1) is 0 Å². The highest BCUT2D eigenvalue weighted by Crippen LogP contribution is 2.30. The number of carbonyl (C=O) groups excluding carboxylic acids is 2. The predicted molar refractivity (Wildman–Crippen MR) is 102 cm³/mol. The van der Waals surface area contributed by atoms with Gasteiger partial charge < -0.3 is 20.1 Å². The first-order valence-electron chi connectivity index (χ1n) is 8.22. The fourth-order valence-corrected chi connectivity index (χ4v) is 2.40. The maximum atomic E-state index is 12.2. The number of aryl methyl sites for hydroxylation is 1. The summed E-state index contributed by atoms with van der Waals surface area (Å²) in [6.07, 6.45) is 0. The fraction of sp³-hybridized carbons (Fsp3) is 0.263. The van der Waals surface area contributed by atoms with Gasteiger partial charge in [0.1, 0.15) is 0 Å². The molecule has 0 fully saturated rings. The number of ether oxygens (including phenoxy) is 2. The number of hydrogen-bond acceptors (Lipinski definition) is 4. The van der Waals surface area contributed by atoms with Crippen LogP contribution in [0.1, 0.15) is 19.4 Å². The molecule has 0 saturated heterocycles. The molecular formula is C19H21ClN2O4. The standard InChI is InChI=1S/C19H21ClN2O4/c1-4-25-16-9-8-14(11-17(16)26-5-2)21-18(23)19(24)22-15-10-13(20)7-6-12(15)3/h6-11H,4-5H2,1-3H3,(H,21,23)(H,22,24). The Balaban J connectivity index is 2.09. The van der Waals surface area contributed by atoms with E-state index in [0.29, 0.717) is 41.1 Å². The molecule has 7 heteroatoms. The van der Waals surface area contributed by atoms with E-state index >= 15 is 0 Å². The number of hydrogen-bond donors (Lipinski definition) is 2. The molecule has 2 aromatic carbocycles. The van der Waals surface area contributed by atoms with E-state index in [0.717, 1.165) is 5.56 Å². The first-order valence-corrected chi connectivity index (χ1v) is 8.60. The van der Waals surface area contributed by atoms with Crippen LogP contribution in [0, 0.1) is 6.92 Å². The van der Waals surface area contributed by atoms with Gasteiger partial charge >= 0.3 is 11.8 Å². The van der Waals surface area contributed by atoms with Crippen LogP contribution in [0.3, 0.4) is 0 Å². The number of anilines is 2. The van der Waals surface area contributed by atoms with Crippen LogP contribution in [0.15, 0.2) is 36.4 Å². The minimum Gasteiger partial charge on any atom is -0.490 e. The Morgan fingerprint density at radius 3 is 2.27 bits per heavy atom. The van der Waals surface area contributed by atoms with Gasteiger partial charge in [-0.1, -0.05) is 17.7 Å². The summed E-state index contributed by atoms with van der Waals surface area (Å²) in [6.45, 7) is 6.47. The molecule has 0 unspecified atom stereocenters. The second kappa shape index (κ2) is 9.10. The summed E-state index contributed by atoms with van der Waals surface area (Å²) < 4.78 is 11.0. The minimum atomic E-state index is -0.795. The average Bonchev–Trinajstić information content (AvgIpc) is 2.60. The van der Waals surface area contributed by atoms with Gasteiger partial charge in [0.05, 0.1) is 13.2 Å². The SMILES string of the molecule is CCOc1ccc(NC(=O)C(=O)Nc2cc(Cl)ccc2C)cc1OCC. The first-order chi connectivity index (χ1) is 12.4. The number of halogens is 1. The first kappa shape index (κ1) is 19.6. The lowest BCUT2D eigenvalue weighted by molar-refractivity contribution is -0.133. The predicted octanol–water partition coefficient (Wildman–Crippen LogP) is 4.02. The van der Waals surface area contributed by atoms with Gasteiger partial charge in [0.15, 0.2) is 11.5 Å². The Hall–Kier alpha value is -2.73. The quantitative estimate of drug-likeness (QED) is 0.746.